The van der Waals surface area contributed by atoms with E-state index in [2.05, 4.69) is 18.9 Å². The summed E-state index contributed by atoms with van der Waals surface area (Å²) in [5.41, 5.74) is 1.79. The number of nitrogens with zero attached hydrogens (tertiary/aromatic N) is 2. The molecule has 4 rings (SSSR count). The van der Waals surface area contributed by atoms with Gasteiger partial charge in [-0.1, -0.05) is 0 Å². The molecule has 1 atom stereocenters. The van der Waals surface area contributed by atoms with Crippen LogP contribution in [0.15, 0.2) is 29.2 Å². The summed E-state index contributed by atoms with van der Waals surface area (Å²) in [6.07, 6.45) is 4.12. The van der Waals surface area contributed by atoms with Crippen LogP contribution in [0.25, 0.3) is 11.3 Å². The van der Waals surface area contributed by atoms with E-state index < -0.39 is 11.4 Å². The van der Waals surface area contributed by atoms with E-state index in [9.17, 15) is 14.7 Å². The minimum absolute atomic E-state index is 0.00261. The smallest absolute Gasteiger partial charge is 0.343 e. The second-order valence-corrected chi connectivity index (χ2v) is 8.82. The lowest BCUT2D eigenvalue weighted by Crippen LogP contribution is -2.50. The van der Waals surface area contributed by atoms with Crippen LogP contribution in [-0.2, 0) is 9.47 Å². The van der Waals surface area contributed by atoms with Crippen molar-refractivity contribution in [1.29, 1.82) is 0 Å². The van der Waals surface area contributed by atoms with Crippen molar-refractivity contribution in [3.63, 3.8) is 0 Å². The first-order valence-corrected chi connectivity index (χ1v) is 11.0. The van der Waals surface area contributed by atoms with Crippen molar-refractivity contribution in [3.8, 4) is 22.8 Å². The number of hydrogen-bond donors (Lipinski definition) is 1. The third-order valence-corrected chi connectivity index (χ3v) is 6.22. The van der Waals surface area contributed by atoms with Crippen LogP contribution >= 0.6 is 0 Å². The molecule has 2 aliphatic heterocycles. The monoisotopic (exact) mass is 442 g/mol. The van der Waals surface area contributed by atoms with Crippen molar-refractivity contribution in [2.45, 2.75) is 51.6 Å². The van der Waals surface area contributed by atoms with E-state index in [0.717, 1.165) is 24.0 Å². The topological polar surface area (TPSA) is 90.2 Å². The van der Waals surface area contributed by atoms with E-state index >= 15 is 0 Å². The van der Waals surface area contributed by atoms with E-state index in [-0.39, 0.29) is 29.5 Å². The normalized spacial score (nSPS) is 18.0. The number of methoxy groups -OCH3 is 1. The molecule has 0 aliphatic carbocycles. The fraction of sp³-hybridized carbons (Fsp3) is 0.500. The van der Waals surface area contributed by atoms with Crippen LogP contribution in [0.5, 0.6) is 11.5 Å². The first-order chi connectivity index (χ1) is 15.3. The maximum Gasteiger partial charge on any atom is 0.343 e. The largest absolute Gasteiger partial charge is 0.504 e. The van der Waals surface area contributed by atoms with Gasteiger partial charge < -0.3 is 19.3 Å². The molecule has 1 fully saturated rings. The van der Waals surface area contributed by atoms with Crippen LogP contribution in [0.1, 0.15) is 62.0 Å². The van der Waals surface area contributed by atoms with Gasteiger partial charge in [-0.05, 0) is 51.3 Å². The number of hydrogen-bond acceptors (Lipinski definition) is 7. The molecule has 1 aromatic heterocycles. The van der Waals surface area contributed by atoms with Crippen molar-refractivity contribution in [2.24, 2.45) is 0 Å². The Morgan fingerprint density at radius 1 is 1.25 bits per heavy atom. The number of ether oxygens (including phenoxy) is 3. The lowest BCUT2D eigenvalue weighted by Gasteiger charge is -2.44. The molecule has 0 amide bonds. The van der Waals surface area contributed by atoms with E-state index in [4.69, 9.17) is 14.2 Å². The highest BCUT2D eigenvalue weighted by atomic mass is 16.5. The van der Waals surface area contributed by atoms with E-state index in [0.29, 0.717) is 31.1 Å². The first-order valence-electron chi connectivity index (χ1n) is 11.0. The number of carbonyl (C=O) groups is 1. The van der Waals surface area contributed by atoms with Crippen molar-refractivity contribution >= 4 is 5.97 Å². The summed E-state index contributed by atoms with van der Waals surface area (Å²) in [6.45, 7) is 7.20. The molecule has 32 heavy (non-hydrogen) atoms. The third kappa shape index (κ3) is 3.72. The lowest BCUT2D eigenvalue weighted by atomic mass is 9.93. The molecule has 8 nitrogen and oxygen atoms in total. The molecule has 0 saturated carbocycles. The zero-order valence-electron chi connectivity index (χ0n) is 19.0. The maximum absolute atomic E-state index is 12.8. The quantitative estimate of drug-likeness (QED) is 0.519. The second kappa shape index (κ2) is 8.50. The number of phenols is 1. The highest BCUT2D eigenvalue weighted by Crippen LogP contribution is 2.50. The van der Waals surface area contributed by atoms with Crippen LogP contribution < -0.4 is 15.2 Å². The zero-order chi connectivity index (χ0) is 23.0. The minimum atomic E-state index is -0.630. The van der Waals surface area contributed by atoms with Gasteiger partial charge >= 0.3 is 5.97 Å². The summed E-state index contributed by atoms with van der Waals surface area (Å²) < 4.78 is 17.8. The van der Waals surface area contributed by atoms with Gasteiger partial charge in [-0.3, -0.25) is 14.5 Å². The van der Waals surface area contributed by atoms with Gasteiger partial charge in [0, 0.05) is 38.0 Å². The Morgan fingerprint density at radius 2 is 2.03 bits per heavy atom. The fourth-order valence-corrected chi connectivity index (χ4v) is 4.73. The predicted molar refractivity (Wildman–Crippen MR) is 120 cm³/mol. The molecule has 0 bridgehead atoms. The molecule has 8 heteroatoms. The maximum atomic E-state index is 12.8. The number of carbonyl (C=O) groups excluding carboxylic acids is 1. The summed E-state index contributed by atoms with van der Waals surface area (Å²) in [5, 5.41) is 12.8. The summed E-state index contributed by atoms with van der Waals surface area (Å²) in [4.78, 5) is 25.2. The third-order valence-electron chi connectivity index (χ3n) is 6.22. The molecule has 2 aromatic rings. The standard InChI is InChI=1S/C24H30N2O6/c1-5-31-23(29)17-14-25-19(13-20(17)27)15-11-21(28)22(32-10-6-9-30-4)12-16(15)18-7-8-24(2,3)26(18)25/h11-14,18,28H,5-10H2,1-4H3/t18-/m0/s1. The predicted octanol–water partition coefficient (Wildman–Crippen LogP) is 3.38. The van der Waals surface area contributed by atoms with Crippen LogP contribution in [0.3, 0.4) is 0 Å². The Bertz CT molecular complexity index is 1090. The van der Waals surface area contributed by atoms with Crippen LogP contribution in [0.4, 0.5) is 0 Å². The highest BCUT2D eigenvalue weighted by molar-refractivity contribution is 5.89. The van der Waals surface area contributed by atoms with Gasteiger partial charge in [-0.2, -0.15) is 0 Å². The minimum Gasteiger partial charge on any atom is -0.504 e. The van der Waals surface area contributed by atoms with E-state index in [1.54, 1.807) is 26.3 Å². The van der Waals surface area contributed by atoms with Crippen LogP contribution in [-0.4, -0.2) is 48.2 Å². The van der Waals surface area contributed by atoms with Gasteiger partial charge in [0.1, 0.15) is 5.56 Å². The SMILES string of the molecule is CCOC(=O)c1cn2c(cc1=O)-c1cc(O)c(OCCCOC)cc1[C@@H]1CCC(C)(C)N12. The molecule has 2 aliphatic rings. The zero-order valence-corrected chi connectivity index (χ0v) is 19.0. The number of rotatable bonds is 7. The van der Waals surface area contributed by atoms with Gasteiger partial charge in [0.2, 0.25) is 0 Å². The van der Waals surface area contributed by atoms with Gasteiger partial charge in [0.15, 0.2) is 16.9 Å². The summed E-state index contributed by atoms with van der Waals surface area (Å²) in [7, 11) is 1.64. The van der Waals surface area contributed by atoms with Crippen LogP contribution in [0, 0.1) is 0 Å². The van der Waals surface area contributed by atoms with Crippen molar-refractivity contribution in [2.75, 3.05) is 31.9 Å². The second-order valence-electron chi connectivity index (χ2n) is 8.82. The summed E-state index contributed by atoms with van der Waals surface area (Å²) >= 11 is 0. The van der Waals surface area contributed by atoms with Crippen molar-refractivity contribution < 1.29 is 24.1 Å². The van der Waals surface area contributed by atoms with Gasteiger partial charge in [-0.25, -0.2) is 4.79 Å². The number of aromatic nitrogens is 1. The molecule has 3 heterocycles. The first kappa shape index (κ1) is 22.2. The molecule has 0 spiro atoms. The summed E-state index contributed by atoms with van der Waals surface area (Å²) in [5.74, 6) is -0.196. The molecule has 1 N–H and O–H groups in total. The molecule has 172 valence electrons. The highest BCUT2D eigenvalue weighted by Gasteiger charge is 2.45. The Labute approximate surface area is 187 Å². The molecule has 1 saturated heterocycles. The number of fused-ring (bicyclic) bond motifs is 6. The Morgan fingerprint density at radius 3 is 2.75 bits per heavy atom. The van der Waals surface area contributed by atoms with Crippen LogP contribution in [0.2, 0.25) is 0 Å². The van der Waals surface area contributed by atoms with Crippen molar-refractivity contribution in [3.05, 3.63) is 45.7 Å². The molecular weight excluding hydrogens is 412 g/mol. The lowest BCUT2D eigenvalue weighted by molar-refractivity contribution is 0.0523. The van der Waals surface area contributed by atoms with E-state index in [1.165, 1.54) is 6.07 Å². The number of aromatic hydroxyl groups is 1. The Kier molecular flexibility index (Phi) is 5.90. The molecule has 0 radical (unpaired) electrons. The molecule has 0 unspecified atom stereocenters. The fourth-order valence-electron chi connectivity index (χ4n) is 4.73. The number of benzene rings is 1. The molecular formula is C24H30N2O6. The van der Waals surface area contributed by atoms with Gasteiger partial charge in [0.05, 0.1) is 30.5 Å². The number of pyridine rings is 1. The van der Waals surface area contributed by atoms with Gasteiger partial charge in [-0.15, -0.1) is 0 Å². The average Bonchev–Trinajstić information content (AvgIpc) is 3.07. The molecule has 1 aromatic carbocycles. The van der Waals surface area contributed by atoms with Gasteiger partial charge in [0.25, 0.3) is 0 Å². The summed E-state index contributed by atoms with van der Waals surface area (Å²) in [6, 6.07) is 5.00. The van der Waals surface area contributed by atoms with Crippen molar-refractivity contribution in [1.82, 2.24) is 4.68 Å². The average molecular weight is 443 g/mol. The van der Waals surface area contributed by atoms with E-state index in [1.807, 2.05) is 10.7 Å². The Hall–Kier alpha value is -3.00. The number of phenolic OH excluding ortho intramolecular Hbond substituents is 1. The Balaban J connectivity index is 1.84. The number of esters is 1.